The standard InChI is InChI=1S/C12H10N4O5S2/c17-6-7(23-11-15-3-4-16-11)12(9(19)20,21-8(6)18)5-22-10-13-1-2-14-10/h1-4,17H,5H2,(H,13,14)(H,15,16)(H,19,20). The van der Waals surface area contributed by atoms with Crippen LogP contribution < -0.4 is 0 Å². The number of aromatic amines is 2. The van der Waals surface area contributed by atoms with Crippen molar-refractivity contribution in [2.45, 2.75) is 15.9 Å². The number of carboxylic acids is 1. The van der Waals surface area contributed by atoms with Gasteiger partial charge in [0.05, 0.1) is 10.7 Å². The van der Waals surface area contributed by atoms with Crippen molar-refractivity contribution in [2.24, 2.45) is 0 Å². The Balaban J connectivity index is 1.93. The molecule has 23 heavy (non-hydrogen) atoms. The third-order valence-electron chi connectivity index (χ3n) is 2.94. The van der Waals surface area contributed by atoms with Crippen LogP contribution in [0.15, 0.2) is 45.8 Å². The van der Waals surface area contributed by atoms with Crippen LogP contribution in [0.1, 0.15) is 0 Å². The van der Waals surface area contributed by atoms with Crippen molar-refractivity contribution in [3.05, 3.63) is 35.5 Å². The quantitative estimate of drug-likeness (QED) is 0.444. The van der Waals surface area contributed by atoms with Crippen LogP contribution in [-0.2, 0) is 14.3 Å². The molecule has 1 atom stereocenters. The maximum atomic E-state index is 11.8. The van der Waals surface area contributed by atoms with Crippen molar-refractivity contribution < 1.29 is 24.5 Å². The minimum Gasteiger partial charge on any atom is -0.501 e. The zero-order valence-corrected chi connectivity index (χ0v) is 13.0. The normalized spacial score (nSPS) is 20.8. The van der Waals surface area contributed by atoms with Crippen LogP contribution in [0, 0.1) is 0 Å². The largest absolute Gasteiger partial charge is 0.501 e. The highest BCUT2D eigenvalue weighted by Crippen LogP contribution is 2.44. The van der Waals surface area contributed by atoms with Crippen LogP contribution in [0.3, 0.4) is 0 Å². The number of hydrogen-bond acceptors (Lipinski definition) is 8. The molecule has 120 valence electrons. The average Bonchev–Trinajstić information content (AvgIpc) is 3.24. The number of rotatable bonds is 6. The van der Waals surface area contributed by atoms with Crippen LogP contribution in [0.4, 0.5) is 0 Å². The number of carbonyl (C=O) groups excluding carboxylic acids is 1. The number of aliphatic carboxylic acids is 1. The van der Waals surface area contributed by atoms with Crippen LogP contribution in [0.25, 0.3) is 0 Å². The fraction of sp³-hybridized carbons (Fsp3) is 0.167. The third kappa shape index (κ3) is 2.80. The molecule has 4 N–H and O–H groups in total. The molecule has 0 fully saturated rings. The van der Waals surface area contributed by atoms with Crippen molar-refractivity contribution >= 4 is 35.5 Å². The maximum absolute atomic E-state index is 11.8. The molecule has 1 aliphatic rings. The molecular weight excluding hydrogens is 344 g/mol. The van der Waals surface area contributed by atoms with E-state index in [9.17, 15) is 19.8 Å². The molecule has 0 spiro atoms. The molecule has 0 amide bonds. The lowest BCUT2D eigenvalue weighted by Crippen LogP contribution is -2.43. The number of aliphatic hydroxyl groups excluding tert-OH is 1. The fourth-order valence-electron chi connectivity index (χ4n) is 1.87. The summed E-state index contributed by atoms with van der Waals surface area (Å²) >= 11 is 1.89. The van der Waals surface area contributed by atoms with Crippen LogP contribution in [0.5, 0.6) is 0 Å². The highest BCUT2D eigenvalue weighted by atomic mass is 32.2. The molecule has 1 aliphatic heterocycles. The molecule has 0 bridgehead atoms. The molecule has 0 aliphatic carbocycles. The summed E-state index contributed by atoms with van der Waals surface area (Å²) in [6, 6.07) is 0. The van der Waals surface area contributed by atoms with Gasteiger partial charge in [-0.15, -0.1) is 0 Å². The van der Waals surface area contributed by atoms with Crippen molar-refractivity contribution in [1.29, 1.82) is 0 Å². The Morgan fingerprint density at radius 1 is 1.26 bits per heavy atom. The molecule has 0 aromatic carbocycles. The first-order valence-electron chi connectivity index (χ1n) is 6.23. The zero-order valence-electron chi connectivity index (χ0n) is 11.3. The van der Waals surface area contributed by atoms with Gasteiger partial charge in [0, 0.05) is 24.8 Å². The predicted octanol–water partition coefficient (Wildman–Crippen LogP) is 1.17. The van der Waals surface area contributed by atoms with E-state index in [4.69, 9.17) is 4.74 Å². The van der Waals surface area contributed by atoms with E-state index in [1.54, 1.807) is 6.20 Å². The molecule has 9 nitrogen and oxygen atoms in total. The number of aromatic nitrogens is 4. The number of imidazole rings is 2. The van der Waals surface area contributed by atoms with Crippen molar-refractivity contribution in [1.82, 2.24) is 19.9 Å². The highest BCUT2D eigenvalue weighted by molar-refractivity contribution is 8.03. The Bertz CT molecular complexity index is 759. The number of aliphatic hydroxyl groups is 1. The lowest BCUT2D eigenvalue weighted by Gasteiger charge is -2.24. The second-order valence-corrected chi connectivity index (χ2v) is 6.34. The van der Waals surface area contributed by atoms with Crippen LogP contribution in [0.2, 0.25) is 0 Å². The monoisotopic (exact) mass is 354 g/mol. The number of nitrogens with one attached hydrogen (secondary N) is 2. The Morgan fingerprint density at radius 2 is 1.91 bits per heavy atom. The SMILES string of the molecule is O=C1OC(CSc2ncc[nH]2)(C(=O)O)C(Sc2ncc[nH]2)=C1O. The zero-order chi connectivity index (χ0) is 16.4. The summed E-state index contributed by atoms with van der Waals surface area (Å²) < 4.78 is 4.99. The molecule has 11 heteroatoms. The first-order valence-corrected chi connectivity index (χ1v) is 8.03. The van der Waals surface area contributed by atoms with E-state index in [0.717, 1.165) is 23.5 Å². The van der Waals surface area contributed by atoms with Gasteiger partial charge < -0.3 is 24.9 Å². The Labute approximate surface area is 137 Å². The average molecular weight is 354 g/mol. The number of cyclic esters (lactones) is 1. The van der Waals surface area contributed by atoms with Crippen molar-refractivity contribution in [2.75, 3.05) is 5.75 Å². The lowest BCUT2D eigenvalue weighted by atomic mass is 10.1. The molecular formula is C12H10N4O5S2. The van der Waals surface area contributed by atoms with Gasteiger partial charge >= 0.3 is 11.9 Å². The van der Waals surface area contributed by atoms with Gasteiger partial charge in [-0.2, -0.15) is 0 Å². The summed E-state index contributed by atoms with van der Waals surface area (Å²) in [7, 11) is 0. The number of hydrogen-bond donors (Lipinski definition) is 4. The fourth-order valence-corrected chi connectivity index (χ4v) is 3.89. The summed E-state index contributed by atoms with van der Waals surface area (Å²) in [5.41, 5.74) is -2.00. The number of nitrogens with zero attached hydrogens (tertiary/aromatic N) is 2. The maximum Gasteiger partial charge on any atom is 0.375 e. The summed E-state index contributed by atoms with van der Waals surface area (Å²) in [6.45, 7) is 0. The lowest BCUT2D eigenvalue weighted by molar-refractivity contribution is -0.165. The predicted molar refractivity (Wildman–Crippen MR) is 79.9 cm³/mol. The van der Waals surface area contributed by atoms with E-state index < -0.39 is 23.3 Å². The Kier molecular flexibility index (Phi) is 4.05. The molecule has 3 heterocycles. The number of H-pyrrole nitrogens is 2. The molecule has 3 rings (SSSR count). The minimum absolute atomic E-state index is 0.121. The van der Waals surface area contributed by atoms with Gasteiger partial charge in [0.1, 0.15) is 0 Å². The van der Waals surface area contributed by atoms with E-state index in [1.165, 1.54) is 18.6 Å². The number of thioether (sulfide) groups is 2. The van der Waals surface area contributed by atoms with Crippen molar-refractivity contribution in [3.8, 4) is 0 Å². The first-order chi connectivity index (χ1) is 11.0. The van der Waals surface area contributed by atoms with Gasteiger partial charge in [0.25, 0.3) is 5.60 Å². The van der Waals surface area contributed by atoms with E-state index in [0.29, 0.717) is 10.3 Å². The molecule has 0 saturated heterocycles. The van der Waals surface area contributed by atoms with Crippen LogP contribution in [-0.4, -0.2) is 53.4 Å². The highest BCUT2D eigenvalue weighted by Gasteiger charge is 2.55. The Hall–Kier alpha value is -2.40. The summed E-state index contributed by atoms with van der Waals surface area (Å²) in [5.74, 6) is -3.35. The van der Waals surface area contributed by atoms with Gasteiger partial charge in [0.2, 0.25) is 5.76 Å². The van der Waals surface area contributed by atoms with E-state index in [1.807, 2.05) is 0 Å². The second kappa shape index (κ2) is 6.01. The number of esters is 1. The van der Waals surface area contributed by atoms with Gasteiger partial charge in [-0.1, -0.05) is 11.8 Å². The van der Waals surface area contributed by atoms with Crippen LogP contribution >= 0.6 is 23.5 Å². The topological polar surface area (TPSA) is 141 Å². The molecule has 0 saturated carbocycles. The Morgan fingerprint density at radius 3 is 2.48 bits per heavy atom. The van der Waals surface area contributed by atoms with Crippen molar-refractivity contribution in [3.63, 3.8) is 0 Å². The number of ether oxygens (including phenoxy) is 1. The van der Waals surface area contributed by atoms with E-state index in [2.05, 4.69) is 19.9 Å². The van der Waals surface area contributed by atoms with Gasteiger partial charge in [-0.05, 0) is 11.8 Å². The minimum atomic E-state index is -2.00. The molecule has 1 unspecified atom stereocenters. The van der Waals surface area contributed by atoms with E-state index >= 15 is 0 Å². The smallest absolute Gasteiger partial charge is 0.375 e. The molecule has 2 aromatic rings. The van der Waals surface area contributed by atoms with Gasteiger partial charge in [0.15, 0.2) is 10.3 Å². The molecule has 2 aromatic heterocycles. The third-order valence-corrected chi connectivity index (χ3v) is 5.14. The first kappa shape index (κ1) is 15.5. The van der Waals surface area contributed by atoms with Gasteiger partial charge in [-0.3, -0.25) is 0 Å². The summed E-state index contributed by atoms with van der Waals surface area (Å²) in [5, 5.41) is 20.4. The molecule has 0 radical (unpaired) electrons. The summed E-state index contributed by atoms with van der Waals surface area (Å²) in [4.78, 5) is 36.9. The number of carbonyl (C=O) groups is 2. The summed E-state index contributed by atoms with van der Waals surface area (Å²) in [6.07, 6.45) is 6.11. The second-order valence-electron chi connectivity index (χ2n) is 4.38. The number of carboxylic acid groups (broad SMARTS) is 1. The van der Waals surface area contributed by atoms with E-state index in [-0.39, 0.29) is 10.7 Å². The van der Waals surface area contributed by atoms with Gasteiger partial charge in [-0.25, -0.2) is 19.6 Å².